The number of aliphatic carboxylic acids is 1. The second kappa shape index (κ2) is 7.43. The zero-order valence-electron chi connectivity index (χ0n) is 14.4. The summed E-state index contributed by atoms with van der Waals surface area (Å²) >= 11 is 3.41. The molecule has 25 heavy (non-hydrogen) atoms. The molecule has 2 rings (SSSR count). The lowest BCUT2D eigenvalue weighted by atomic mass is 10.1. The molecule has 1 heterocycles. The van der Waals surface area contributed by atoms with Crippen molar-refractivity contribution in [3.05, 3.63) is 28.2 Å². The summed E-state index contributed by atoms with van der Waals surface area (Å²) in [5, 5.41) is 9.56. The topological polar surface area (TPSA) is 87.2 Å². The van der Waals surface area contributed by atoms with Gasteiger partial charge in [0, 0.05) is 29.7 Å². The molecule has 136 valence electrons. The van der Waals surface area contributed by atoms with E-state index in [0.29, 0.717) is 22.3 Å². The van der Waals surface area contributed by atoms with Crippen molar-refractivity contribution in [1.29, 1.82) is 0 Å². The number of aldehydes is 1. The van der Waals surface area contributed by atoms with Crippen LogP contribution in [0, 0.1) is 0 Å². The standard InChI is InChI=1S/C17H21BrN2O5/c1-17(2,3)25-16(24)20-8-7-19(9-13(20)15(22)23)14-11(10-21)5-4-6-12(14)18/h4-6,10,13H,7-9H2,1-3H3,(H,22,23). The number of carbonyl (C=O) groups is 3. The molecule has 0 radical (unpaired) electrons. The second-order valence-electron chi connectivity index (χ2n) is 6.77. The number of hydrogen-bond donors (Lipinski definition) is 1. The molecular formula is C17H21BrN2O5. The minimum absolute atomic E-state index is 0.0675. The van der Waals surface area contributed by atoms with E-state index >= 15 is 0 Å². The van der Waals surface area contributed by atoms with Gasteiger partial charge in [-0.15, -0.1) is 0 Å². The minimum atomic E-state index is -1.12. The van der Waals surface area contributed by atoms with Gasteiger partial charge in [0.15, 0.2) is 6.29 Å². The molecule has 0 spiro atoms. The van der Waals surface area contributed by atoms with E-state index in [4.69, 9.17) is 4.74 Å². The Bertz CT molecular complexity index is 686. The lowest BCUT2D eigenvalue weighted by Crippen LogP contribution is -2.59. The first-order valence-corrected chi connectivity index (χ1v) is 8.64. The summed E-state index contributed by atoms with van der Waals surface area (Å²) < 4.78 is 6.01. The Kier molecular flexibility index (Phi) is 5.72. The zero-order valence-corrected chi connectivity index (χ0v) is 15.9. The predicted octanol–water partition coefficient (Wildman–Crippen LogP) is 2.77. The van der Waals surface area contributed by atoms with Crippen molar-refractivity contribution < 1.29 is 24.2 Å². The zero-order chi connectivity index (χ0) is 18.8. The smallest absolute Gasteiger partial charge is 0.411 e. The van der Waals surface area contributed by atoms with Crippen molar-refractivity contribution in [2.75, 3.05) is 24.5 Å². The van der Waals surface area contributed by atoms with Gasteiger partial charge in [0.1, 0.15) is 11.6 Å². The van der Waals surface area contributed by atoms with Crippen LogP contribution in [0.5, 0.6) is 0 Å². The molecule has 1 amide bonds. The normalized spacial score (nSPS) is 18.0. The quantitative estimate of drug-likeness (QED) is 0.767. The highest BCUT2D eigenvalue weighted by Gasteiger charge is 2.38. The first-order chi connectivity index (χ1) is 11.6. The fourth-order valence-corrected chi connectivity index (χ4v) is 3.33. The van der Waals surface area contributed by atoms with E-state index in [1.54, 1.807) is 43.9 Å². The molecule has 7 nitrogen and oxygen atoms in total. The Hall–Kier alpha value is -2.09. The van der Waals surface area contributed by atoms with Crippen LogP contribution in [0.15, 0.2) is 22.7 Å². The molecule has 0 aromatic heterocycles. The Morgan fingerprint density at radius 1 is 1.32 bits per heavy atom. The van der Waals surface area contributed by atoms with E-state index in [0.717, 1.165) is 6.29 Å². The lowest BCUT2D eigenvalue weighted by Gasteiger charge is -2.41. The average Bonchev–Trinajstić information content (AvgIpc) is 2.52. The highest BCUT2D eigenvalue weighted by Crippen LogP contribution is 2.31. The number of anilines is 1. The largest absolute Gasteiger partial charge is 0.480 e. The number of piperazine rings is 1. The van der Waals surface area contributed by atoms with Crippen LogP contribution in [0.4, 0.5) is 10.5 Å². The van der Waals surface area contributed by atoms with Gasteiger partial charge in [0.25, 0.3) is 0 Å². The summed E-state index contributed by atoms with van der Waals surface area (Å²) in [6.07, 6.45) is 0.0816. The molecule has 1 fully saturated rings. The van der Waals surface area contributed by atoms with Crippen LogP contribution in [0.2, 0.25) is 0 Å². The van der Waals surface area contributed by atoms with Crippen molar-refractivity contribution >= 4 is 40.0 Å². The average molecular weight is 413 g/mol. The number of ether oxygens (including phenoxy) is 1. The number of carbonyl (C=O) groups excluding carboxylic acids is 2. The van der Waals surface area contributed by atoms with Gasteiger partial charge in [-0.05, 0) is 48.8 Å². The van der Waals surface area contributed by atoms with Crippen LogP contribution in [-0.2, 0) is 9.53 Å². The lowest BCUT2D eigenvalue weighted by molar-refractivity contribution is -0.143. The third-order valence-electron chi connectivity index (χ3n) is 3.75. The van der Waals surface area contributed by atoms with Crippen LogP contribution in [0.3, 0.4) is 0 Å². The number of carboxylic acids is 1. The highest BCUT2D eigenvalue weighted by molar-refractivity contribution is 9.10. The maximum atomic E-state index is 12.3. The third-order valence-corrected chi connectivity index (χ3v) is 4.39. The van der Waals surface area contributed by atoms with Crippen LogP contribution >= 0.6 is 15.9 Å². The molecule has 0 aliphatic carbocycles. The molecule has 1 aromatic rings. The number of benzene rings is 1. The number of halogens is 1. The van der Waals surface area contributed by atoms with Gasteiger partial charge in [-0.25, -0.2) is 9.59 Å². The molecule has 1 atom stereocenters. The first-order valence-electron chi connectivity index (χ1n) is 7.85. The van der Waals surface area contributed by atoms with Crippen LogP contribution in [0.25, 0.3) is 0 Å². The van der Waals surface area contributed by atoms with E-state index < -0.39 is 23.7 Å². The fraction of sp³-hybridized carbons (Fsp3) is 0.471. The third kappa shape index (κ3) is 4.50. The number of para-hydroxylation sites is 1. The summed E-state index contributed by atoms with van der Waals surface area (Å²) in [6, 6.07) is 4.14. The molecule has 0 bridgehead atoms. The van der Waals surface area contributed by atoms with E-state index in [-0.39, 0.29) is 13.1 Å². The Morgan fingerprint density at radius 3 is 2.56 bits per heavy atom. The summed E-state index contributed by atoms with van der Waals surface area (Å²) in [5.41, 5.74) is 0.390. The SMILES string of the molecule is CC(C)(C)OC(=O)N1CCN(c2c(Br)cccc2C=O)CC1C(=O)O. The maximum absolute atomic E-state index is 12.3. The number of rotatable bonds is 3. The fourth-order valence-electron chi connectivity index (χ4n) is 2.70. The predicted molar refractivity (Wildman–Crippen MR) is 96.1 cm³/mol. The van der Waals surface area contributed by atoms with Gasteiger partial charge in [-0.2, -0.15) is 0 Å². The van der Waals surface area contributed by atoms with Crippen molar-refractivity contribution in [3.63, 3.8) is 0 Å². The molecule has 8 heteroatoms. The number of amides is 1. The van der Waals surface area contributed by atoms with Gasteiger partial charge < -0.3 is 14.7 Å². The Labute approximate surface area is 154 Å². The molecule has 0 saturated carbocycles. The number of carboxylic acid groups (broad SMARTS) is 1. The summed E-state index contributed by atoms with van der Waals surface area (Å²) in [6.45, 7) is 5.84. The van der Waals surface area contributed by atoms with Crippen molar-refractivity contribution in [2.45, 2.75) is 32.4 Å². The van der Waals surface area contributed by atoms with E-state index in [2.05, 4.69) is 15.9 Å². The number of hydrogen-bond acceptors (Lipinski definition) is 5. The van der Waals surface area contributed by atoms with E-state index in [9.17, 15) is 19.5 Å². The van der Waals surface area contributed by atoms with Crippen LogP contribution in [0.1, 0.15) is 31.1 Å². The van der Waals surface area contributed by atoms with Crippen LogP contribution in [-0.4, -0.2) is 59.6 Å². The van der Waals surface area contributed by atoms with Crippen molar-refractivity contribution in [1.82, 2.24) is 4.90 Å². The summed E-state index contributed by atoms with van der Waals surface area (Å²) in [5.74, 6) is -1.12. The molecule has 1 saturated heterocycles. The number of nitrogens with zero attached hydrogens (tertiary/aromatic N) is 2. The molecule has 1 N–H and O–H groups in total. The highest BCUT2D eigenvalue weighted by atomic mass is 79.9. The van der Waals surface area contributed by atoms with Gasteiger partial charge in [0.05, 0.1) is 5.69 Å². The summed E-state index contributed by atoms with van der Waals surface area (Å²) in [7, 11) is 0. The maximum Gasteiger partial charge on any atom is 0.411 e. The van der Waals surface area contributed by atoms with Crippen LogP contribution < -0.4 is 4.90 Å². The Balaban J connectivity index is 2.27. The second-order valence-corrected chi connectivity index (χ2v) is 7.62. The van der Waals surface area contributed by atoms with Gasteiger partial charge in [-0.1, -0.05) is 6.07 Å². The molecule has 1 aliphatic rings. The molecule has 1 unspecified atom stereocenters. The molecule has 1 aliphatic heterocycles. The van der Waals surface area contributed by atoms with E-state index in [1.165, 1.54) is 4.90 Å². The monoisotopic (exact) mass is 412 g/mol. The molecular weight excluding hydrogens is 392 g/mol. The van der Waals surface area contributed by atoms with Gasteiger partial charge in [0.2, 0.25) is 0 Å². The van der Waals surface area contributed by atoms with Gasteiger partial charge in [-0.3, -0.25) is 9.69 Å². The Morgan fingerprint density at radius 2 is 2.00 bits per heavy atom. The van der Waals surface area contributed by atoms with Gasteiger partial charge >= 0.3 is 12.1 Å². The van der Waals surface area contributed by atoms with Crippen molar-refractivity contribution in [2.24, 2.45) is 0 Å². The minimum Gasteiger partial charge on any atom is -0.480 e. The summed E-state index contributed by atoms with van der Waals surface area (Å²) in [4.78, 5) is 38.4. The molecule has 1 aromatic carbocycles. The van der Waals surface area contributed by atoms with E-state index in [1.807, 2.05) is 0 Å². The first kappa shape index (κ1) is 19.2. The van der Waals surface area contributed by atoms with Crippen molar-refractivity contribution in [3.8, 4) is 0 Å².